The van der Waals surface area contributed by atoms with Gasteiger partial charge in [-0.1, -0.05) is 33.8 Å². The first-order valence-electron chi connectivity index (χ1n) is 6.77. The van der Waals surface area contributed by atoms with Crippen LogP contribution in [0.3, 0.4) is 0 Å². The highest BCUT2D eigenvalue weighted by molar-refractivity contribution is 6.08. The Hall–Kier alpha value is -1.97. The number of amides is 1. The number of hydrogen-bond acceptors (Lipinski definition) is 3. The molecule has 0 aliphatic carbocycles. The molecule has 1 heterocycles. The monoisotopic (exact) mass is 262 g/mol. The number of para-hydroxylation sites is 1. The van der Waals surface area contributed by atoms with E-state index in [1.165, 1.54) is 0 Å². The van der Waals surface area contributed by atoms with E-state index in [1.54, 1.807) is 18.2 Å². The van der Waals surface area contributed by atoms with Crippen molar-refractivity contribution >= 4 is 17.3 Å². The number of nitrogen functional groups attached to an aromatic ring is 1. The van der Waals surface area contributed by atoms with E-state index in [0.717, 1.165) is 18.4 Å². The Balaban J connectivity index is 0.000000861. The summed E-state index contributed by atoms with van der Waals surface area (Å²) in [5, 5.41) is 2.78. The summed E-state index contributed by atoms with van der Waals surface area (Å²) < 4.78 is 5.66. The average molecular weight is 262 g/mol. The number of rotatable bonds is 2. The highest BCUT2D eigenvalue weighted by Crippen LogP contribution is 2.36. The van der Waals surface area contributed by atoms with Crippen LogP contribution in [0.15, 0.2) is 29.5 Å². The summed E-state index contributed by atoms with van der Waals surface area (Å²) in [7, 11) is 0. The van der Waals surface area contributed by atoms with Crippen LogP contribution in [0.2, 0.25) is 0 Å². The zero-order valence-corrected chi connectivity index (χ0v) is 12.0. The summed E-state index contributed by atoms with van der Waals surface area (Å²) in [6.07, 6.45) is 1.60. The van der Waals surface area contributed by atoms with Crippen molar-refractivity contribution in [2.24, 2.45) is 0 Å². The van der Waals surface area contributed by atoms with Gasteiger partial charge in [0.2, 0.25) is 0 Å². The van der Waals surface area contributed by atoms with Gasteiger partial charge in [-0.2, -0.15) is 0 Å². The van der Waals surface area contributed by atoms with Gasteiger partial charge in [-0.15, -0.1) is 0 Å². The number of allylic oxidation sites excluding steroid dienone is 1. The third kappa shape index (κ3) is 3.08. The molecule has 0 saturated heterocycles. The Morgan fingerprint density at radius 3 is 2.47 bits per heavy atom. The largest absolute Gasteiger partial charge is 0.449 e. The SMILES string of the molecule is CC.CCC(CC)=C1Oc2cccc(N)c2NC1=O. The predicted molar refractivity (Wildman–Crippen MR) is 79.1 cm³/mol. The van der Waals surface area contributed by atoms with Crippen molar-refractivity contribution in [1.82, 2.24) is 0 Å². The van der Waals surface area contributed by atoms with Gasteiger partial charge < -0.3 is 15.8 Å². The molecule has 0 bridgehead atoms. The first kappa shape index (κ1) is 15.1. The van der Waals surface area contributed by atoms with E-state index in [9.17, 15) is 4.79 Å². The molecule has 1 aliphatic rings. The molecular weight excluding hydrogens is 240 g/mol. The highest BCUT2D eigenvalue weighted by Gasteiger charge is 2.25. The number of anilines is 2. The molecule has 0 atom stereocenters. The lowest BCUT2D eigenvalue weighted by atomic mass is 10.1. The van der Waals surface area contributed by atoms with Gasteiger partial charge in [0.25, 0.3) is 5.91 Å². The molecule has 0 spiro atoms. The molecule has 0 radical (unpaired) electrons. The number of ether oxygens (including phenoxy) is 1. The Morgan fingerprint density at radius 2 is 1.89 bits per heavy atom. The van der Waals surface area contributed by atoms with Gasteiger partial charge in [0.05, 0.1) is 5.69 Å². The Kier molecular flexibility index (Phi) is 5.42. The highest BCUT2D eigenvalue weighted by atomic mass is 16.5. The number of nitrogens with one attached hydrogen (secondary N) is 1. The molecule has 0 aromatic heterocycles. The molecule has 0 saturated carbocycles. The molecule has 2 rings (SSSR count). The van der Waals surface area contributed by atoms with Gasteiger partial charge in [-0.05, 0) is 30.5 Å². The van der Waals surface area contributed by atoms with E-state index in [2.05, 4.69) is 5.32 Å². The molecule has 104 valence electrons. The maximum absolute atomic E-state index is 11.9. The molecule has 1 amide bonds. The number of carbonyl (C=O) groups excluding carboxylic acids is 1. The van der Waals surface area contributed by atoms with Gasteiger partial charge in [-0.25, -0.2) is 0 Å². The van der Waals surface area contributed by atoms with Crippen molar-refractivity contribution in [3.8, 4) is 5.75 Å². The van der Waals surface area contributed by atoms with Gasteiger partial charge in [0.1, 0.15) is 5.69 Å². The third-order valence-electron chi connectivity index (χ3n) is 2.89. The van der Waals surface area contributed by atoms with Crippen LogP contribution < -0.4 is 15.8 Å². The minimum atomic E-state index is -0.214. The fourth-order valence-corrected chi connectivity index (χ4v) is 1.90. The predicted octanol–water partition coefficient (Wildman–Crippen LogP) is 3.70. The van der Waals surface area contributed by atoms with Gasteiger partial charge in [-0.3, -0.25) is 4.79 Å². The third-order valence-corrected chi connectivity index (χ3v) is 2.89. The van der Waals surface area contributed by atoms with E-state index in [0.29, 0.717) is 22.9 Å². The molecule has 4 heteroatoms. The summed E-state index contributed by atoms with van der Waals surface area (Å²) >= 11 is 0. The number of hydrogen-bond donors (Lipinski definition) is 2. The maximum atomic E-state index is 11.9. The van der Waals surface area contributed by atoms with E-state index in [-0.39, 0.29) is 5.91 Å². The van der Waals surface area contributed by atoms with Crippen LogP contribution in [0.25, 0.3) is 0 Å². The Labute approximate surface area is 114 Å². The van der Waals surface area contributed by atoms with Crippen LogP contribution in [-0.4, -0.2) is 5.91 Å². The molecule has 0 unspecified atom stereocenters. The lowest BCUT2D eigenvalue weighted by Crippen LogP contribution is -2.25. The second kappa shape index (κ2) is 6.83. The summed E-state index contributed by atoms with van der Waals surface area (Å²) in [5.41, 5.74) is 7.87. The minimum Gasteiger partial charge on any atom is -0.449 e. The van der Waals surface area contributed by atoms with Crippen molar-refractivity contribution in [2.75, 3.05) is 11.1 Å². The molecule has 0 fully saturated rings. The number of benzene rings is 1. The smallest absolute Gasteiger partial charge is 0.291 e. The first-order valence-corrected chi connectivity index (χ1v) is 6.77. The van der Waals surface area contributed by atoms with Crippen LogP contribution in [0.5, 0.6) is 5.75 Å². The summed E-state index contributed by atoms with van der Waals surface area (Å²) in [5.74, 6) is 0.807. The zero-order chi connectivity index (χ0) is 14.4. The van der Waals surface area contributed by atoms with E-state index in [4.69, 9.17) is 10.5 Å². The van der Waals surface area contributed by atoms with Crippen LogP contribution in [0.4, 0.5) is 11.4 Å². The van der Waals surface area contributed by atoms with Crippen molar-refractivity contribution in [3.05, 3.63) is 29.5 Å². The summed E-state index contributed by atoms with van der Waals surface area (Å²) in [4.78, 5) is 11.9. The molecule has 3 N–H and O–H groups in total. The fourth-order valence-electron chi connectivity index (χ4n) is 1.90. The Morgan fingerprint density at radius 1 is 1.26 bits per heavy atom. The number of carbonyl (C=O) groups is 1. The van der Waals surface area contributed by atoms with Crippen molar-refractivity contribution in [1.29, 1.82) is 0 Å². The Bertz CT molecular complexity index is 487. The first-order chi connectivity index (χ1) is 9.17. The van der Waals surface area contributed by atoms with Gasteiger partial charge in [0.15, 0.2) is 11.5 Å². The van der Waals surface area contributed by atoms with Crippen LogP contribution >= 0.6 is 0 Å². The number of fused-ring (bicyclic) bond motifs is 1. The molecule has 1 aromatic rings. The maximum Gasteiger partial charge on any atom is 0.291 e. The van der Waals surface area contributed by atoms with E-state index in [1.807, 2.05) is 27.7 Å². The van der Waals surface area contributed by atoms with E-state index >= 15 is 0 Å². The topological polar surface area (TPSA) is 64.3 Å². The normalized spacial score (nSPS) is 12.6. The lowest BCUT2D eigenvalue weighted by Gasteiger charge is -2.23. The number of nitrogens with two attached hydrogens (primary N) is 1. The molecular formula is C15H22N2O2. The van der Waals surface area contributed by atoms with Gasteiger partial charge in [0, 0.05) is 0 Å². The van der Waals surface area contributed by atoms with Crippen molar-refractivity contribution in [3.63, 3.8) is 0 Å². The average Bonchev–Trinajstić information content (AvgIpc) is 2.44. The van der Waals surface area contributed by atoms with E-state index < -0.39 is 0 Å². The zero-order valence-electron chi connectivity index (χ0n) is 12.0. The molecule has 1 aromatic carbocycles. The van der Waals surface area contributed by atoms with Crippen molar-refractivity contribution < 1.29 is 9.53 Å². The lowest BCUT2D eigenvalue weighted by molar-refractivity contribution is -0.115. The molecule has 4 nitrogen and oxygen atoms in total. The summed E-state index contributed by atoms with van der Waals surface area (Å²) in [6.45, 7) is 8.02. The molecule has 1 aliphatic heterocycles. The van der Waals surface area contributed by atoms with Crippen LogP contribution in [0.1, 0.15) is 40.5 Å². The van der Waals surface area contributed by atoms with Crippen LogP contribution in [0, 0.1) is 0 Å². The second-order valence-electron chi connectivity index (χ2n) is 3.92. The van der Waals surface area contributed by atoms with Crippen LogP contribution in [-0.2, 0) is 4.79 Å². The minimum absolute atomic E-state index is 0.214. The second-order valence-corrected chi connectivity index (χ2v) is 3.92. The molecule has 19 heavy (non-hydrogen) atoms. The standard InChI is InChI=1S/C13H16N2O2.C2H6/c1-3-8(4-2)12-13(16)15-11-9(14)6-5-7-10(11)17-12;1-2/h5-7H,3-4,14H2,1-2H3,(H,15,16);1-2H3. The van der Waals surface area contributed by atoms with Crippen molar-refractivity contribution in [2.45, 2.75) is 40.5 Å². The van der Waals surface area contributed by atoms with Gasteiger partial charge >= 0.3 is 0 Å². The fraction of sp³-hybridized carbons (Fsp3) is 0.400. The quantitative estimate of drug-likeness (QED) is 0.631. The summed E-state index contributed by atoms with van der Waals surface area (Å²) in [6, 6.07) is 5.34.